The van der Waals surface area contributed by atoms with Gasteiger partial charge in [0.1, 0.15) is 11.4 Å². The quantitative estimate of drug-likeness (QED) is 0.288. The molecule has 0 aliphatic carbocycles. The lowest BCUT2D eigenvalue weighted by molar-refractivity contribution is -0.384. The molecule has 1 aliphatic heterocycles. The molecular formula is C19H19ClN4O4S. The molecule has 1 amide bonds. The van der Waals surface area contributed by atoms with Gasteiger partial charge < -0.3 is 15.3 Å². The molecule has 0 saturated carbocycles. The van der Waals surface area contributed by atoms with Crippen molar-refractivity contribution in [3.8, 4) is 5.75 Å². The van der Waals surface area contributed by atoms with Gasteiger partial charge in [-0.1, -0.05) is 11.6 Å². The number of carbonyl (C=O) groups is 1. The highest BCUT2D eigenvalue weighted by Crippen LogP contribution is 2.31. The summed E-state index contributed by atoms with van der Waals surface area (Å²) in [4.78, 5) is 25.5. The summed E-state index contributed by atoms with van der Waals surface area (Å²) in [6.45, 7) is 1.51. The number of carbonyl (C=O) groups excluding carboxylic acids is 1. The van der Waals surface area contributed by atoms with E-state index in [1.165, 1.54) is 30.3 Å². The lowest BCUT2D eigenvalue weighted by Gasteiger charge is -2.28. The van der Waals surface area contributed by atoms with Gasteiger partial charge in [0.25, 0.3) is 11.6 Å². The lowest BCUT2D eigenvalue weighted by Crippen LogP contribution is -2.34. The molecule has 1 heterocycles. The maximum atomic E-state index is 12.5. The van der Waals surface area contributed by atoms with Crippen LogP contribution in [-0.4, -0.2) is 34.1 Å². The van der Waals surface area contributed by atoms with Crippen molar-refractivity contribution >= 4 is 51.9 Å². The summed E-state index contributed by atoms with van der Waals surface area (Å²) in [5.74, 6) is -0.690. The molecule has 0 spiro atoms. The summed E-state index contributed by atoms with van der Waals surface area (Å²) in [6.07, 6.45) is 3.07. The Bertz CT molecular complexity index is 963. The molecule has 0 unspecified atom stereocenters. The number of nitro groups is 1. The number of benzene rings is 2. The Balaban J connectivity index is 1.74. The average Bonchev–Trinajstić information content (AvgIpc) is 2.70. The third kappa shape index (κ3) is 5.12. The summed E-state index contributed by atoms with van der Waals surface area (Å²) in [5, 5.41) is 26.8. The van der Waals surface area contributed by atoms with Crippen LogP contribution in [0.3, 0.4) is 0 Å². The summed E-state index contributed by atoms with van der Waals surface area (Å²) in [6, 6.07) is 8.72. The van der Waals surface area contributed by atoms with Crippen LogP contribution in [0.5, 0.6) is 5.75 Å². The third-order valence-electron chi connectivity index (χ3n) is 4.56. The number of rotatable bonds is 4. The van der Waals surface area contributed by atoms with Crippen LogP contribution in [0.15, 0.2) is 36.4 Å². The first kappa shape index (κ1) is 20.8. The Hall–Kier alpha value is -2.91. The van der Waals surface area contributed by atoms with Gasteiger partial charge in [0, 0.05) is 29.7 Å². The fourth-order valence-corrected chi connectivity index (χ4v) is 3.53. The van der Waals surface area contributed by atoms with Gasteiger partial charge in [-0.3, -0.25) is 20.2 Å². The van der Waals surface area contributed by atoms with E-state index < -0.39 is 10.8 Å². The van der Waals surface area contributed by atoms with Crippen molar-refractivity contribution in [1.82, 2.24) is 5.32 Å². The van der Waals surface area contributed by atoms with E-state index in [4.69, 9.17) is 23.8 Å². The predicted octanol–water partition coefficient (Wildman–Crippen LogP) is 4.07. The maximum absolute atomic E-state index is 12.5. The fourth-order valence-electron chi connectivity index (χ4n) is 3.15. The van der Waals surface area contributed by atoms with Crippen molar-refractivity contribution in [2.24, 2.45) is 0 Å². The smallest absolute Gasteiger partial charge is 0.293 e. The first-order valence-electron chi connectivity index (χ1n) is 8.99. The van der Waals surface area contributed by atoms with Gasteiger partial charge in [-0.25, -0.2) is 0 Å². The van der Waals surface area contributed by atoms with Gasteiger partial charge in [-0.15, -0.1) is 0 Å². The molecule has 1 fully saturated rings. The highest BCUT2D eigenvalue weighted by molar-refractivity contribution is 7.80. The molecule has 29 heavy (non-hydrogen) atoms. The van der Waals surface area contributed by atoms with Crippen LogP contribution < -0.4 is 15.5 Å². The maximum Gasteiger partial charge on any atom is 0.293 e. The second kappa shape index (κ2) is 9.06. The monoisotopic (exact) mass is 434 g/mol. The molecule has 0 radical (unpaired) electrons. The molecule has 10 heteroatoms. The number of aromatic hydroxyl groups is 1. The van der Waals surface area contributed by atoms with Crippen LogP contribution in [0, 0.1) is 10.1 Å². The lowest BCUT2D eigenvalue weighted by atomic mass is 10.1. The van der Waals surface area contributed by atoms with Crippen LogP contribution >= 0.6 is 23.8 Å². The average molecular weight is 435 g/mol. The van der Waals surface area contributed by atoms with Crippen molar-refractivity contribution < 1.29 is 14.8 Å². The molecule has 152 valence electrons. The first-order chi connectivity index (χ1) is 13.8. The number of nitro benzene ring substituents is 1. The minimum Gasteiger partial charge on any atom is -0.506 e. The van der Waals surface area contributed by atoms with Gasteiger partial charge >= 0.3 is 0 Å². The number of hydrogen-bond donors (Lipinski definition) is 3. The predicted molar refractivity (Wildman–Crippen MR) is 116 cm³/mol. The topological polar surface area (TPSA) is 108 Å². The number of phenols is 1. The highest BCUT2D eigenvalue weighted by Gasteiger charge is 2.23. The zero-order chi connectivity index (χ0) is 21.0. The number of anilines is 2. The van der Waals surface area contributed by atoms with E-state index in [0.717, 1.165) is 32.4 Å². The number of nitrogens with one attached hydrogen (secondary N) is 2. The van der Waals surface area contributed by atoms with Crippen molar-refractivity contribution in [1.29, 1.82) is 0 Å². The SMILES string of the molecule is O=C(NC(=S)Nc1cc(Cl)ccc1O)c1ccc(N2CCCCC2)c([N+](=O)[O-])c1. The number of hydrogen-bond acceptors (Lipinski definition) is 6. The van der Waals surface area contributed by atoms with E-state index in [1.54, 1.807) is 6.07 Å². The number of halogens is 1. The summed E-state index contributed by atoms with van der Waals surface area (Å²) in [7, 11) is 0. The highest BCUT2D eigenvalue weighted by atomic mass is 35.5. The third-order valence-corrected chi connectivity index (χ3v) is 5.00. The molecule has 0 atom stereocenters. The van der Waals surface area contributed by atoms with E-state index in [1.807, 2.05) is 4.90 Å². The molecule has 1 saturated heterocycles. The summed E-state index contributed by atoms with van der Waals surface area (Å²) < 4.78 is 0. The second-order valence-corrected chi connectivity index (χ2v) is 7.42. The molecule has 0 aromatic heterocycles. The Kier molecular flexibility index (Phi) is 6.50. The van der Waals surface area contributed by atoms with E-state index in [0.29, 0.717) is 10.7 Å². The van der Waals surface area contributed by atoms with Gasteiger partial charge in [0.05, 0.1) is 10.6 Å². The van der Waals surface area contributed by atoms with Crippen molar-refractivity contribution in [2.45, 2.75) is 19.3 Å². The zero-order valence-electron chi connectivity index (χ0n) is 15.4. The number of phenolic OH excluding ortho intramolecular Hbond substituents is 1. The molecule has 8 nitrogen and oxygen atoms in total. The molecule has 3 rings (SSSR count). The van der Waals surface area contributed by atoms with Crippen LogP contribution in [0.4, 0.5) is 17.1 Å². The van der Waals surface area contributed by atoms with Crippen LogP contribution in [0.1, 0.15) is 29.6 Å². The number of amides is 1. The van der Waals surface area contributed by atoms with Crippen molar-refractivity contribution in [3.63, 3.8) is 0 Å². The zero-order valence-corrected chi connectivity index (χ0v) is 16.9. The molecule has 0 bridgehead atoms. The van der Waals surface area contributed by atoms with E-state index >= 15 is 0 Å². The van der Waals surface area contributed by atoms with Crippen LogP contribution in [0.25, 0.3) is 0 Å². The summed E-state index contributed by atoms with van der Waals surface area (Å²) >= 11 is 11.0. The van der Waals surface area contributed by atoms with Crippen LogP contribution in [0.2, 0.25) is 5.02 Å². The van der Waals surface area contributed by atoms with Crippen LogP contribution in [-0.2, 0) is 0 Å². The first-order valence-corrected chi connectivity index (χ1v) is 9.78. The molecule has 2 aromatic carbocycles. The molecule has 1 aliphatic rings. The van der Waals surface area contributed by atoms with Crippen molar-refractivity contribution in [3.05, 3.63) is 57.1 Å². The minimum atomic E-state index is -0.600. The molecule has 3 N–H and O–H groups in total. The Morgan fingerprint density at radius 2 is 1.90 bits per heavy atom. The van der Waals surface area contributed by atoms with Gasteiger partial charge in [-0.2, -0.15) is 0 Å². The minimum absolute atomic E-state index is 0.0738. The molecular weight excluding hydrogens is 416 g/mol. The number of nitrogens with zero attached hydrogens (tertiary/aromatic N) is 2. The Morgan fingerprint density at radius 3 is 2.59 bits per heavy atom. The van der Waals surface area contributed by atoms with E-state index in [9.17, 15) is 20.0 Å². The fraction of sp³-hybridized carbons (Fsp3) is 0.263. The number of piperidine rings is 1. The second-order valence-electron chi connectivity index (χ2n) is 6.58. The normalized spacial score (nSPS) is 13.6. The largest absolute Gasteiger partial charge is 0.506 e. The van der Waals surface area contributed by atoms with E-state index in [2.05, 4.69) is 10.6 Å². The molecule has 2 aromatic rings. The Labute approximate surface area is 177 Å². The number of thiocarbonyl (C=S) groups is 1. The standard InChI is InChI=1S/C19H19ClN4O4S/c20-13-5-7-17(25)14(11-13)21-19(29)22-18(26)12-4-6-15(16(10-12)24(27)28)23-8-2-1-3-9-23/h4-7,10-11,25H,1-3,8-9H2,(H2,21,22,26,29). The van der Waals surface area contributed by atoms with Crippen molar-refractivity contribution in [2.75, 3.05) is 23.3 Å². The van der Waals surface area contributed by atoms with Gasteiger partial charge in [0.15, 0.2) is 5.11 Å². The summed E-state index contributed by atoms with van der Waals surface area (Å²) in [5.41, 5.74) is 0.730. The van der Waals surface area contributed by atoms with Gasteiger partial charge in [-0.05, 0) is 61.8 Å². The van der Waals surface area contributed by atoms with Gasteiger partial charge in [0.2, 0.25) is 0 Å². The van der Waals surface area contributed by atoms with E-state index in [-0.39, 0.29) is 27.8 Å². The Morgan fingerprint density at radius 1 is 1.17 bits per heavy atom.